The Morgan fingerprint density at radius 2 is 1.90 bits per heavy atom. The van der Waals surface area contributed by atoms with Crippen molar-refractivity contribution in [2.75, 3.05) is 6.61 Å². The van der Waals surface area contributed by atoms with Crippen LogP contribution in [0.5, 0.6) is 5.75 Å². The molecule has 0 saturated carbocycles. The highest BCUT2D eigenvalue weighted by Crippen LogP contribution is 2.35. The molecule has 2 aromatic rings. The Hall–Kier alpha value is -2.99. The molecular weight excluding hydrogens is 404 g/mol. The fourth-order valence-electron chi connectivity index (χ4n) is 3.17. The Balaban J connectivity index is 2.10. The Morgan fingerprint density at radius 3 is 2.53 bits per heavy atom. The van der Waals surface area contributed by atoms with Gasteiger partial charge < -0.3 is 20.1 Å². The Morgan fingerprint density at radius 1 is 1.17 bits per heavy atom. The van der Waals surface area contributed by atoms with E-state index in [2.05, 4.69) is 10.6 Å². The van der Waals surface area contributed by atoms with Crippen molar-refractivity contribution < 1.29 is 19.1 Å². The van der Waals surface area contributed by atoms with Gasteiger partial charge in [-0.2, -0.15) is 0 Å². The minimum absolute atomic E-state index is 0.311. The summed E-state index contributed by atoms with van der Waals surface area (Å²) in [5.74, 6) is 0.0462. The average molecular weight is 429 g/mol. The molecule has 0 aromatic heterocycles. The number of amides is 2. The predicted octanol–water partition coefficient (Wildman–Crippen LogP) is 4.85. The molecule has 0 bridgehead atoms. The summed E-state index contributed by atoms with van der Waals surface area (Å²) in [5.41, 5.74) is 2.09. The van der Waals surface area contributed by atoms with Crippen LogP contribution in [0.1, 0.15) is 44.4 Å². The van der Waals surface area contributed by atoms with Gasteiger partial charge in [0, 0.05) is 0 Å². The first-order valence-corrected chi connectivity index (χ1v) is 10.3. The van der Waals surface area contributed by atoms with Gasteiger partial charge in [0.1, 0.15) is 5.75 Å². The van der Waals surface area contributed by atoms with E-state index in [-0.39, 0.29) is 6.10 Å². The number of hydrogen-bond acceptors (Lipinski definition) is 4. The second kappa shape index (κ2) is 9.67. The van der Waals surface area contributed by atoms with Crippen molar-refractivity contribution in [1.29, 1.82) is 0 Å². The van der Waals surface area contributed by atoms with Crippen LogP contribution in [0.4, 0.5) is 4.79 Å². The quantitative estimate of drug-likeness (QED) is 0.618. The highest BCUT2D eigenvalue weighted by molar-refractivity contribution is 6.32. The number of benzene rings is 2. The van der Waals surface area contributed by atoms with Crippen molar-refractivity contribution >= 4 is 29.3 Å². The number of carbonyl (C=O) groups excluding carboxylic acids is 2. The van der Waals surface area contributed by atoms with E-state index in [0.29, 0.717) is 39.8 Å². The van der Waals surface area contributed by atoms with E-state index in [0.717, 1.165) is 6.42 Å². The van der Waals surface area contributed by atoms with Crippen molar-refractivity contribution in [1.82, 2.24) is 10.6 Å². The summed E-state index contributed by atoms with van der Waals surface area (Å²) in [5, 5.41) is 5.99. The highest BCUT2D eigenvalue weighted by Gasteiger charge is 2.35. The predicted molar refractivity (Wildman–Crippen MR) is 116 cm³/mol. The lowest BCUT2D eigenvalue weighted by molar-refractivity contribution is -0.143. The monoisotopic (exact) mass is 428 g/mol. The highest BCUT2D eigenvalue weighted by atomic mass is 35.5. The number of halogens is 1. The fraction of sp³-hybridized carbons (Fsp3) is 0.304. The third kappa shape index (κ3) is 4.94. The molecule has 6 nitrogen and oxygen atoms in total. The third-order valence-corrected chi connectivity index (χ3v) is 4.74. The summed E-state index contributed by atoms with van der Waals surface area (Å²) in [7, 11) is 0. The fourth-order valence-corrected chi connectivity index (χ4v) is 3.41. The summed E-state index contributed by atoms with van der Waals surface area (Å²) < 4.78 is 11.1. The summed E-state index contributed by atoms with van der Waals surface area (Å²) >= 11 is 6.40. The minimum atomic E-state index is -0.724. The van der Waals surface area contributed by atoms with Crippen LogP contribution in [-0.2, 0) is 9.53 Å². The van der Waals surface area contributed by atoms with Crippen LogP contribution in [-0.4, -0.2) is 24.7 Å². The zero-order valence-corrected chi connectivity index (χ0v) is 18.0. The average Bonchev–Trinajstić information content (AvgIpc) is 2.72. The van der Waals surface area contributed by atoms with E-state index >= 15 is 0 Å². The second-order valence-electron chi connectivity index (χ2n) is 7.18. The molecular formula is C23H25ClN2O4. The molecule has 2 N–H and O–H groups in total. The molecule has 2 aromatic carbocycles. The number of ether oxygens (including phenoxy) is 2. The van der Waals surface area contributed by atoms with Gasteiger partial charge in [-0.15, -0.1) is 0 Å². The molecule has 3 rings (SSSR count). The van der Waals surface area contributed by atoms with Crippen molar-refractivity contribution in [2.45, 2.75) is 39.3 Å². The van der Waals surface area contributed by atoms with Gasteiger partial charge in [0.2, 0.25) is 0 Å². The number of hydrogen-bond donors (Lipinski definition) is 2. The van der Waals surface area contributed by atoms with Crippen molar-refractivity contribution in [3.8, 4) is 5.75 Å². The molecule has 0 saturated heterocycles. The van der Waals surface area contributed by atoms with Gasteiger partial charge in [-0.05, 0) is 43.5 Å². The van der Waals surface area contributed by atoms with Crippen LogP contribution < -0.4 is 15.4 Å². The Kier molecular flexibility index (Phi) is 7.00. The van der Waals surface area contributed by atoms with Gasteiger partial charge in [-0.25, -0.2) is 9.59 Å². The summed E-state index contributed by atoms with van der Waals surface area (Å²) in [6, 6.07) is 13.3. The van der Waals surface area contributed by atoms with Crippen LogP contribution in [0.15, 0.2) is 54.1 Å². The molecule has 158 valence electrons. The molecule has 0 spiro atoms. The molecule has 1 unspecified atom stereocenters. The van der Waals surface area contributed by atoms with E-state index in [1.807, 2.05) is 37.3 Å². The molecule has 1 atom stereocenters. The maximum atomic E-state index is 13.0. The molecule has 7 heteroatoms. The number of rotatable bonds is 7. The van der Waals surface area contributed by atoms with E-state index < -0.39 is 18.0 Å². The van der Waals surface area contributed by atoms with Gasteiger partial charge in [0.15, 0.2) is 0 Å². The molecule has 1 aliphatic rings. The van der Waals surface area contributed by atoms with Crippen LogP contribution in [0, 0.1) is 0 Å². The van der Waals surface area contributed by atoms with Crippen LogP contribution in [0.2, 0.25) is 5.02 Å². The third-order valence-electron chi connectivity index (χ3n) is 4.45. The molecule has 1 heterocycles. The number of esters is 1. The lowest BCUT2D eigenvalue weighted by Gasteiger charge is -2.30. The normalized spacial score (nSPS) is 16.2. The van der Waals surface area contributed by atoms with Gasteiger partial charge in [-0.3, -0.25) is 0 Å². The molecule has 2 amide bonds. The summed E-state index contributed by atoms with van der Waals surface area (Å²) in [6.45, 7) is 6.12. The van der Waals surface area contributed by atoms with Gasteiger partial charge in [0.25, 0.3) is 0 Å². The zero-order valence-electron chi connectivity index (χ0n) is 17.2. The molecule has 0 fully saturated rings. The SMILES string of the molecule is CCCOc1ccc(C2NC(=O)NC(c3ccccc3)=C2C(=O)OC(C)C)cc1Cl. The van der Waals surface area contributed by atoms with Gasteiger partial charge in [0.05, 0.1) is 35.0 Å². The summed E-state index contributed by atoms with van der Waals surface area (Å²) in [4.78, 5) is 25.5. The van der Waals surface area contributed by atoms with Gasteiger partial charge in [-0.1, -0.05) is 54.9 Å². The van der Waals surface area contributed by atoms with E-state index in [1.54, 1.807) is 32.0 Å². The van der Waals surface area contributed by atoms with Crippen LogP contribution >= 0.6 is 11.6 Å². The number of urea groups is 1. The van der Waals surface area contributed by atoms with E-state index in [9.17, 15) is 9.59 Å². The van der Waals surface area contributed by atoms with Crippen LogP contribution in [0.3, 0.4) is 0 Å². The van der Waals surface area contributed by atoms with Crippen molar-refractivity contribution in [3.05, 3.63) is 70.3 Å². The van der Waals surface area contributed by atoms with Crippen LogP contribution in [0.25, 0.3) is 5.70 Å². The zero-order chi connectivity index (χ0) is 21.7. The number of carbonyl (C=O) groups is 2. The number of nitrogens with one attached hydrogen (secondary N) is 2. The van der Waals surface area contributed by atoms with E-state index in [4.69, 9.17) is 21.1 Å². The second-order valence-corrected chi connectivity index (χ2v) is 7.59. The lowest BCUT2D eigenvalue weighted by atomic mass is 9.92. The Bertz CT molecular complexity index is 957. The van der Waals surface area contributed by atoms with Crippen molar-refractivity contribution in [3.63, 3.8) is 0 Å². The molecule has 0 radical (unpaired) electrons. The van der Waals surface area contributed by atoms with Gasteiger partial charge >= 0.3 is 12.0 Å². The maximum Gasteiger partial charge on any atom is 0.338 e. The maximum absolute atomic E-state index is 13.0. The lowest BCUT2D eigenvalue weighted by Crippen LogP contribution is -2.45. The molecule has 0 aliphatic carbocycles. The standard InChI is InChI=1S/C23H25ClN2O4/c1-4-12-29-18-11-10-16(13-17(18)24)21-19(22(27)30-14(2)3)20(25-23(28)26-21)15-8-6-5-7-9-15/h5-11,13-14,21H,4,12H2,1-3H3,(H2,25,26,28). The largest absolute Gasteiger partial charge is 0.492 e. The van der Waals surface area contributed by atoms with Crippen molar-refractivity contribution in [2.24, 2.45) is 0 Å². The molecule has 1 aliphatic heterocycles. The minimum Gasteiger partial charge on any atom is -0.492 e. The molecule has 30 heavy (non-hydrogen) atoms. The smallest absolute Gasteiger partial charge is 0.338 e. The first-order valence-electron chi connectivity index (χ1n) is 9.91. The summed E-state index contributed by atoms with van der Waals surface area (Å²) in [6.07, 6.45) is 0.547. The topological polar surface area (TPSA) is 76.7 Å². The first-order chi connectivity index (χ1) is 14.4. The van der Waals surface area contributed by atoms with E-state index in [1.165, 1.54) is 0 Å². The first kappa shape index (κ1) is 21.7. The Labute approximate surface area is 181 Å².